The van der Waals surface area contributed by atoms with Gasteiger partial charge in [0, 0.05) is 26.3 Å². The summed E-state index contributed by atoms with van der Waals surface area (Å²) in [6.07, 6.45) is 4.64. The van der Waals surface area contributed by atoms with Crippen molar-refractivity contribution in [2.45, 2.75) is 37.6 Å². The Hall–Kier alpha value is -1.59. The maximum absolute atomic E-state index is 13.3. The largest absolute Gasteiger partial charge is 0.496 e. The highest BCUT2D eigenvalue weighted by Crippen LogP contribution is 2.44. The standard InChI is InChI=1S/C19H26N2O3/c1-23-16-4-2-3-15-14(16)5-6-19(15,20)17(22)21-10-7-18(13-21)8-11-24-12-9-18/h2-4H,5-13,20H2,1H3. The average Bonchev–Trinajstić information content (AvgIpc) is 3.18. The average molecular weight is 330 g/mol. The number of hydrogen-bond donors (Lipinski definition) is 1. The Labute approximate surface area is 143 Å². The number of methoxy groups -OCH3 is 1. The van der Waals surface area contributed by atoms with Gasteiger partial charge in [-0.15, -0.1) is 0 Å². The lowest BCUT2D eigenvalue weighted by molar-refractivity contribution is -0.137. The van der Waals surface area contributed by atoms with Crippen molar-refractivity contribution in [3.8, 4) is 5.75 Å². The van der Waals surface area contributed by atoms with Crippen molar-refractivity contribution in [3.63, 3.8) is 0 Å². The molecule has 0 bridgehead atoms. The molecule has 2 heterocycles. The van der Waals surface area contributed by atoms with Crippen LogP contribution >= 0.6 is 0 Å². The molecule has 130 valence electrons. The minimum Gasteiger partial charge on any atom is -0.496 e. The number of ether oxygens (including phenoxy) is 2. The van der Waals surface area contributed by atoms with Crippen LogP contribution in [0.4, 0.5) is 0 Å². The number of likely N-dealkylation sites (tertiary alicyclic amines) is 1. The predicted molar refractivity (Wildman–Crippen MR) is 90.9 cm³/mol. The fraction of sp³-hybridized carbons (Fsp3) is 0.632. The summed E-state index contributed by atoms with van der Waals surface area (Å²) in [4.78, 5) is 15.3. The fourth-order valence-corrected chi connectivity index (χ4v) is 4.71. The van der Waals surface area contributed by atoms with E-state index in [4.69, 9.17) is 15.2 Å². The molecule has 24 heavy (non-hydrogen) atoms. The Balaban J connectivity index is 1.58. The fourth-order valence-electron chi connectivity index (χ4n) is 4.71. The van der Waals surface area contributed by atoms with Crippen LogP contribution < -0.4 is 10.5 Å². The van der Waals surface area contributed by atoms with Crippen LogP contribution in [0.2, 0.25) is 0 Å². The molecule has 0 aromatic heterocycles. The second kappa shape index (κ2) is 5.74. The van der Waals surface area contributed by atoms with Crippen LogP contribution in [0.3, 0.4) is 0 Å². The lowest BCUT2D eigenvalue weighted by Crippen LogP contribution is -2.51. The van der Waals surface area contributed by atoms with Crippen molar-refractivity contribution >= 4 is 5.91 Å². The van der Waals surface area contributed by atoms with Crippen LogP contribution in [0, 0.1) is 5.41 Å². The number of fused-ring (bicyclic) bond motifs is 1. The van der Waals surface area contributed by atoms with E-state index in [2.05, 4.69) is 0 Å². The van der Waals surface area contributed by atoms with Crippen molar-refractivity contribution in [3.05, 3.63) is 29.3 Å². The first-order valence-corrected chi connectivity index (χ1v) is 8.90. The molecule has 1 amide bonds. The molecule has 1 atom stereocenters. The molecular formula is C19H26N2O3. The minimum absolute atomic E-state index is 0.0814. The smallest absolute Gasteiger partial charge is 0.247 e. The van der Waals surface area contributed by atoms with Gasteiger partial charge in [-0.1, -0.05) is 12.1 Å². The molecule has 4 rings (SSSR count). The molecule has 2 saturated heterocycles. The van der Waals surface area contributed by atoms with E-state index in [1.165, 1.54) is 0 Å². The Morgan fingerprint density at radius 2 is 2.04 bits per heavy atom. The number of nitrogens with two attached hydrogens (primary N) is 1. The number of nitrogens with zero attached hydrogens (tertiary/aromatic N) is 1. The Morgan fingerprint density at radius 3 is 2.79 bits per heavy atom. The van der Waals surface area contributed by atoms with E-state index >= 15 is 0 Å². The van der Waals surface area contributed by atoms with Gasteiger partial charge >= 0.3 is 0 Å². The van der Waals surface area contributed by atoms with Crippen LogP contribution in [0.15, 0.2) is 18.2 Å². The van der Waals surface area contributed by atoms with E-state index in [1.807, 2.05) is 23.1 Å². The molecule has 1 aliphatic carbocycles. The van der Waals surface area contributed by atoms with Crippen molar-refractivity contribution in [1.29, 1.82) is 0 Å². The molecular weight excluding hydrogens is 304 g/mol. The lowest BCUT2D eigenvalue weighted by atomic mass is 9.79. The molecule has 3 aliphatic rings. The second-order valence-electron chi connectivity index (χ2n) is 7.55. The van der Waals surface area contributed by atoms with E-state index in [1.54, 1.807) is 7.11 Å². The van der Waals surface area contributed by atoms with E-state index in [9.17, 15) is 4.79 Å². The van der Waals surface area contributed by atoms with Gasteiger partial charge in [0.1, 0.15) is 11.3 Å². The van der Waals surface area contributed by atoms with Crippen LogP contribution in [-0.4, -0.2) is 44.2 Å². The van der Waals surface area contributed by atoms with Gasteiger partial charge in [-0.2, -0.15) is 0 Å². The zero-order valence-corrected chi connectivity index (χ0v) is 14.3. The quantitative estimate of drug-likeness (QED) is 0.898. The molecule has 1 aromatic rings. The number of rotatable bonds is 2. The lowest BCUT2D eigenvalue weighted by Gasteiger charge is -2.35. The maximum atomic E-state index is 13.3. The van der Waals surface area contributed by atoms with Gasteiger partial charge in [0.05, 0.1) is 7.11 Å². The molecule has 0 saturated carbocycles. The monoisotopic (exact) mass is 330 g/mol. The van der Waals surface area contributed by atoms with Crippen molar-refractivity contribution in [1.82, 2.24) is 4.90 Å². The van der Waals surface area contributed by atoms with Gasteiger partial charge in [-0.3, -0.25) is 4.79 Å². The molecule has 2 N–H and O–H groups in total. The summed E-state index contributed by atoms with van der Waals surface area (Å²) in [6.45, 7) is 3.27. The molecule has 5 heteroatoms. The second-order valence-corrected chi connectivity index (χ2v) is 7.55. The Morgan fingerprint density at radius 1 is 1.25 bits per heavy atom. The molecule has 2 fully saturated rings. The molecule has 0 radical (unpaired) electrons. The molecule has 5 nitrogen and oxygen atoms in total. The first-order valence-electron chi connectivity index (χ1n) is 8.90. The first kappa shape index (κ1) is 15.9. The Kier molecular flexibility index (Phi) is 3.81. The van der Waals surface area contributed by atoms with Gasteiger partial charge in [0.2, 0.25) is 5.91 Å². The Bertz CT molecular complexity index is 654. The summed E-state index contributed by atoms with van der Waals surface area (Å²) in [5.41, 5.74) is 8.05. The number of amides is 1. The van der Waals surface area contributed by atoms with Crippen molar-refractivity contribution < 1.29 is 14.3 Å². The zero-order chi connectivity index (χ0) is 16.8. The van der Waals surface area contributed by atoms with Gasteiger partial charge in [-0.25, -0.2) is 0 Å². The van der Waals surface area contributed by atoms with Crippen LogP contribution in [-0.2, 0) is 21.5 Å². The summed E-state index contributed by atoms with van der Waals surface area (Å²) in [7, 11) is 1.67. The van der Waals surface area contributed by atoms with E-state index in [0.29, 0.717) is 6.42 Å². The van der Waals surface area contributed by atoms with Gasteiger partial charge in [0.15, 0.2) is 0 Å². The molecule has 1 spiro atoms. The minimum atomic E-state index is -0.902. The number of carbonyl (C=O) groups excluding carboxylic acids is 1. The van der Waals surface area contributed by atoms with Gasteiger partial charge in [-0.05, 0) is 54.7 Å². The topological polar surface area (TPSA) is 64.8 Å². The summed E-state index contributed by atoms with van der Waals surface area (Å²) in [6, 6.07) is 5.87. The van der Waals surface area contributed by atoms with Gasteiger partial charge in [0.25, 0.3) is 0 Å². The van der Waals surface area contributed by atoms with Crippen molar-refractivity contribution in [2.75, 3.05) is 33.4 Å². The van der Waals surface area contributed by atoms with Crippen LogP contribution in [0.1, 0.15) is 36.8 Å². The summed E-state index contributed by atoms with van der Waals surface area (Å²) in [5, 5.41) is 0. The highest BCUT2D eigenvalue weighted by atomic mass is 16.5. The van der Waals surface area contributed by atoms with Crippen LogP contribution in [0.5, 0.6) is 5.75 Å². The first-order chi connectivity index (χ1) is 11.6. The summed E-state index contributed by atoms with van der Waals surface area (Å²) in [5.74, 6) is 0.924. The molecule has 1 unspecified atom stereocenters. The summed E-state index contributed by atoms with van der Waals surface area (Å²) >= 11 is 0. The van der Waals surface area contributed by atoms with Gasteiger partial charge < -0.3 is 20.1 Å². The van der Waals surface area contributed by atoms with E-state index < -0.39 is 5.54 Å². The highest BCUT2D eigenvalue weighted by molar-refractivity contribution is 5.89. The molecule has 2 aliphatic heterocycles. The summed E-state index contributed by atoms with van der Waals surface area (Å²) < 4.78 is 11.0. The highest BCUT2D eigenvalue weighted by Gasteiger charge is 2.49. The third-order valence-corrected chi connectivity index (χ3v) is 6.26. The number of hydrogen-bond acceptors (Lipinski definition) is 4. The van der Waals surface area contributed by atoms with E-state index in [-0.39, 0.29) is 11.3 Å². The van der Waals surface area contributed by atoms with Crippen molar-refractivity contribution in [2.24, 2.45) is 11.1 Å². The predicted octanol–water partition coefficient (Wildman–Crippen LogP) is 1.82. The normalized spacial score (nSPS) is 28.2. The third-order valence-electron chi connectivity index (χ3n) is 6.26. The zero-order valence-electron chi connectivity index (χ0n) is 14.3. The number of carbonyl (C=O) groups is 1. The third kappa shape index (κ3) is 2.33. The maximum Gasteiger partial charge on any atom is 0.247 e. The van der Waals surface area contributed by atoms with E-state index in [0.717, 1.165) is 68.9 Å². The molecule has 1 aromatic carbocycles. The van der Waals surface area contributed by atoms with Crippen LogP contribution in [0.25, 0.3) is 0 Å². The number of benzene rings is 1. The SMILES string of the molecule is COc1cccc2c1CCC2(N)C(=O)N1CCC2(CCOCC2)C1.